The van der Waals surface area contributed by atoms with E-state index < -0.39 is 5.97 Å². The molecule has 4 rings (SSSR count). The van der Waals surface area contributed by atoms with Gasteiger partial charge in [0.15, 0.2) is 17.8 Å². The lowest BCUT2D eigenvalue weighted by Gasteiger charge is -2.24. The van der Waals surface area contributed by atoms with Crippen molar-refractivity contribution >= 4 is 40.6 Å². The van der Waals surface area contributed by atoms with Crippen LogP contribution in [0.4, 0.5) is 11.4 Å². The largest absolute Gasteiger partial charge is 0.483 e. The fraction of sp³-hybridized carbons (Fsp3) is 0.150. The molecule has 0 saturated heterocycles. The van der Waals surface area contributed by atoms with Crippen molar-refractivity contribution in [1.29, 1.82) is 0 Å². The minimum atomic E-state index is -0.463. The van der Waals surface area contributed by atoms with E-state index in [-0.39, 0.29) is 12.8 Å². The van der Waals surface area contributed by atoms with Gasteiger partial charge in [0.25, 0.3) is 0 Å². The molecule has 0 saturated carbocycles. The van der Waals surface area contributed by atoms with Gasteiger partial charge in [0.1, 0.15) is 12.4 Å². The molecule has 0 fully saturated rings. The summed E-state index contributed by atoms with van der Waals surface area (Å²) in [6, 6.07) is 12.1. The van der Waals surface area contributed by atoms with E-state index in [0.717, 1.165) is 5.69 Å². The molecule has 2 aliphatic rings. The first-order chi connectivity index (χ1) is 14.5. The lowest BCUT2D eigenvalue weighted by molar-refractivity contribution is 0.0600. The predicted octanol–water partition coefficient (Wildman–Crippen LogP) is 2.63. The quantitative estimate of drug-likeness (QED) is 0.497. The van der Waals surface area contributed by atoms with Crippen LogP contribution in [0.3, 0.4) is 0 Å². The zero-order chi connectivity index (χ0) is 21.1. The summed E-state index contributed by atoms with van der Waals surface area (Å²) < 4.78 is 10.5. The number of hydrazone groups is 2. The predicted molar refractivity (Wildman–Crippen MR) is 116 cm³/mol. The minimum absolute atomic E-state index is 0.132. The maximum absolute atomic E-state index is 11.6. The molecule has 2 heterocycles. The molecule has 0 radical (unpaired) electrons. The standard InChI is InChI=1S/C20H19ClN6O3/c1-29-20(28)12-5-6-16(15(22)9-12)30-11-19-25-24-18-8-7-17(26-27(18)19)23-14-4-2-3-13(21)10-14/h2-10,18,24H,11,22H2,1H3,(H,23,26). The normalized spacial score (nSPS) is 16.9. The highest BCUT2D eigenvalue weighted by Gasteiger charge is 2.29. The number of fused-ring (bicyclic) bond motifs is 1. The molecule has 30 heavy (non-hydrogen) atoms. The van der Waals surface area contributed by atoms with E-state index in [4.69, 9.17) is 22.1 Å². The number of hydrogen-bond donors (Lipinski definition) is 3. The average Bonchev–Trinajstić information content (AvgIpc) is 3.14. The van der Waals surface area contributed by atoms with Crippen molar-refractivity contribution in [3.63, 3.8) is 0 Å². The number of carbonyl (C=O) groups excluding carboxylic acids is 1. The van der Waals surface area contributed by atoms with Crippen LogP contribution in [0.1, 0.15) is 10.4 Å². The minimum Gasteiger partial charge on any atom is -0.483 e. The number of carbonyl (C=O) groups is 1. The Bertz CT molecular complexity index is 1070. The number of nitrogens with one attached hydrogen (secondary N) is 2. The number of hydrogen-bond acceptors (Lipinski definition) is 9. The Balaban J connectivity index is 1.43. The number of nitrogens with two attached hydrogens (primary N) is 1. The Hall–Kier alpha value is -3.72. The number of nitrogen functional groups attached to an aromatic ring is 1. The van der Waals surface area contributed by atoms with Gasteiger partial charge in [-0.3, -0.25) is 5.43 Å². The third kappa shape index (κ3) is 4.15. The molecule has 10 heteroatoms. The lowest BCUT2D eigenvalue weighted by Crippen LogP contribution is -2.40. The maximum atomic E-state index is 11.6. The summed E-state index contributed by atoms with van der Waals surface area (Å²) in [6.07, 6.45) is 3.58. The number of benzene rings is 2. The Labute approximate surface area is 177 Å². The highest BCUT2D eigenvalue weighted by molar-refractivity contribution is 6.31. The topological polar surface area (TPSA) is 114 Å². The van der Waals surface area contributed by atoms with Crippen LogP contribution in [-0.4, -0.2) is 42.5 Å². The Morgan fingerprint density at radius 3 is 2.97 bits per heavy atom. The van der Waals surface area contributed by atoms with Gasteiger partial charge < -0.3 is 20.5 Å². The SMILES string of the molecule is COC(=O)c1ccc(OCC2=NNC3C=CC(Nc4cccc(Cl)c4)=NN23)c(N)c1. The molecule has 2 aliphatic heterocycles. The number of nitrogens with zero attached hydrogens (tertiary/aromatic N) is 3. The van der Waals surface area contributed by atoms with Gasteiger partial charge in [-0.05, 0) is 48.6 Å². The number of amidine groups is 2. The van der Waals surface area contributed by atoms with Crippen LogP contribution in [0.5, 0.6) is 5.75 Å². The number of esters is 1. The molecule has 0 amide bonds. The number of anilines is 2. The van der Waals surface area contributed by atoms with Crippen LogP contribution in [0.2, 0.25) is 5.02 Å². The molecule has 0 aromatic heterocycles. The Morgan fingerprint density at radius 2 is 2.20 bits per heavy atom. The molecular weight excluding hydrogens is 408 g/mol. The maximum Gasteiger partial charge on any atom is 0.337 e. The summed E-state index contributed by atoms with van der Waals surface area (Å²) in [5, 5.41) is 14.4. The number of ether oxygens (including phenoxy) is 2. The third-order valence-corrected chi connectivity index (χ3v) is 4.63. The summed E-state index contributed by atoms with van der Waals surface area (Å²) in [5.74, 6) is 1.18. The van der Waals surface area contributed by atoms with Gasteiger partial charge in [-0.1, -0.05) is 17.7 Å². The zero-order valence-corrected chi connectivity index (χ0v) is 16.8. The van der Waals surface area contributed by atoms with Gasteiger partial charge in [-0.15, -0.1) is 0 Å². The molecule has 1 atom stereocenters. The molecule has 2 aromatic rings. The number of methoxy groups -OCH3 is 1. The van der Waals surface area contributed by atoms with Gasteiger partial charge in [-0.2, -0.15) is 10.2 Å². The van der Waals surface area contributed by atoms with Gasteiger partial charge in [-0.25, -0.2) is 9.80 Å². The molecule has 0 bridgehead atoms. The monoisotopic (exact) mass is 426 g/mol. The number of rotatable bonds is 5. The highest BCUT2D eigenvalue weighted by Crippen LogP contribution is 2.24. The Kier molecular flexibility index (Phi) is 5.44. The van der Waals surface area contributed by atoms with Crippen LogP contribution >= 0.6 is 11.6 Å². The zero-order valence-electron chi connectivity index (χ0n) is 16.0. The van der Waals surface area contributed by atoms with E-state index in [9.17, 15) is 4.79 Å². The van der Waals surface area contributed by atoms with Crippen LogP contribution in [0, 0.1) is 0 Å². The van der Waals surface area contributed by atoms with Crippen molar-refractivity contribution in [2.24, 2.45) is 10.2 Å². The molecule has 1 unspecified atom stereocenters. The molecule has 0 spiro atoms. The lowest BCUT2D eigenvalue weighted by atomic mass is 10.2. The molecular formula is C20H19ClN6O3. The fourth-order valence-corrected chi connectivity index (χ4v) is 3.12. The van der Waals surface area contributed by atoms with Crippen molar-refractivity contribution < 1.29 is 14.3 Å². The molecule has 4 N–H and O–H groups in total. The van der Waals surface area contributed by atoms with Gasteiger partial charge in [0.05, 0.1) is 18.4 Å². The van der Waals surface area contributed by atoms with Crippen LogP contribution < -0.4 is 21.2 Å². The summed E-state index contributed by atoms with van der Waals surface area (Å²) in [5.41, 5.74) is 10.5. The third-order valence-electron chi connectivity index (χ3n) is 4.39. The van der Waals surface area contributed by atoms with E-state index >= 15 is 0 Å². The van der Waals surface area contributed by atoms with Crippen molar-refractivity contribution in [1.82, 2.24) is 10.4 Å². The van der Waals surface area contributed by atoms with Crippen LogP contribution in [0.15, 0.2) is 64.8 Å². The summed E-state index contributed by atoms with van der Waals surface area (Å²) in [6.45, 7) is 0.132. The van der Waals surface area contributed by atoms with E-state index in [1.54, 1.807) is 23.2 Å². The molecule has 9 nitrogen and oxygen atoms in total. The van der Waals surface area contributed by atoms with E-state index in [1.807, 2.05) is 30.4 Å². The molecule has 2 aromatic carbocycles. The van der Waals surface area contributed by atoms with Gasteiger partial charge in [0.2, 0.25) is 0 Å². The van der Waals surface area contributed by atoms with E-state index in [1.165, 1.54) is 13.2 Å². The van der Waals surface area contributed by atoms with Crippen molar-refractivity contribution in [3.05, 3.63) is 65.2 Å². The summed E-state index contributed by atoms with van der Waals surface area (Å²) in [4.78, 5) is 11.6. The van der Waals surface area contributed by atoms with Gasteiger partial charge in [0, 0.05) is 10.7 Å². The highest BCUT2D eigenvalue weighted by atomic mass is 35.5. The Morgan fingerprint density at radius 1 is 1.33 bits per heavy atom. The smallest absolute Gasteiger partial charge is 0.337 e. The summed E-state index contributed by atoms with van der Waals surface area (Å²) >= 11 is 6.03. The second-order valence-electron chi connectivity index (χ2n) is 6.46. The van der Waals surface area contributed by atoms with Crippen LogP contribution in [-0.2, 0) is 4.74 Å². The van der Waals surface area contributed by atoms with Crippen LogP contribution in [0.25, 0.3) is 0 Å². The first-order valence-electron chi connectivity index (χ1n) is 9.05. The summed E-state index contributed by atoms with van der Waals surface area (Å²) in [7, 11) is 1.31. The number of halogens is 1. The fourth-order valence-electron chi connectivity index (χ4n) is 2.93. The van der Waals surface area contributed by atoms with E-state index in [0.29, 0.717) is 33.7 Å². The average molecular weight is 427 g/mol. The first-order valence-corrected chi connectivity index (χ1v) is 9.42. The van der Waals surface area contributed by atoms with Crippen molar-refractivity contribution in [2.45, 2.75) is 6.17 Å². The molecule has 154 valence electrons. The van der Waals surface area contributed by atoms with Crippen molar-refractivity contribution in [3.8, 4) is 5.75 Å². The van der Waals surface area contributed by atoms with Gasteiger partial charge >= 0.3 is 5.97 Å². The van der Waals surface area contributed by atoms with Crippen molar-refractivity contribution in [2.75, 3.05) is 24.8 Å². The molecule has 0 aliphatic carbocycles. The second kappa shape index (κ2) is 8.34. The van der Waals surface area contributed by atoms with E-state index in [2.05, 4.69) is 25.7 Å². The second-order valence-corrected chi connectivity index (χ2v) is 6.90. The first kappa shape index (κ1) is 19.6.